The molecule has 29 heavy (non-hydrogen) atoms. The highest BCUT2D eigenvalue weighted by atomic mass is 16.4. The molecule has 0 fully saturated rings. The lowest BCUT2D eigenvalue weighted by Crippen LogP contribution is -2.32. The molecule has 6 nitrogen and oxygen atoms in total. The molecular weight excluding hydrogens is 364 g/mol. The number of hydrogen-bond acceptors (Lipinski definition) is 4. The smallest absolute Gasteiger partial charge is 0.319 e. The van der Waals surface area contributed by atoms with E-state index >= 15 is 0 Å². The summed E-state index contributed by atoms with van der Waals surface area (Å²) in [5.74, 6) is 0.917. The normalized spacial score (nSPS) is 12.3. The van der Waals surface area contributed by atoms with Crippen molar-refractivity contribution in [2.45, 2.75) is 13.0 Å². The Labute approximate surface area is 167 Å². The van der Waals surface area contributed by atoms with Gasteiger partial charge in [-0.15, -0.1) is 10.2 Å². The predicted octanol–water partition coefficient (Wildman–Crippen LogP) is 4.94. The van der Waals surface area contributed by atoms with E-state index in [4.69, 9.17) is 4.42 Å². The summed E-state index contributed by atoms with van der Waals surface area (Å²) >= 11 is 0. The molecule has 0 bridgehead atoms. The van der Waals surface area contributed by atoms with E-state index in [1.807, 2.05) is 48.5 Å². The van der Waals surface area contributed by atoms with Crippen LogP contribution in [0.5, 0.6) is 0 Å². The van der Waals surface area contributed by atoms with E-state index < -0.39 is 0 Å². The van der Waals surface area contributed by atoms with Gasteiger partial charge in [-0.2, -0.15) is 0 Å². The van der Waals surface area contributed by atoms with Crippen LogP contribution >= 0.6 is 0 Å². The van der Waals surface area contributed by atoms with Crippen molar-refractivity contribution in [3.63, 3.8) is 0 Å². The van der Waals surface area contributed by atoms with E-state index in [0.717, 1.165) is 27.8 Å². The van der Waals surface area contributed by atoms with Crippen molar-refractivity contribution in [1.29, 1.82) is 0 Å². The molecule has 1 aliphatic rings. The molecule has 1 heterocycles. The van der Waals surface area contributed by atoms with Gasteiger partial charge < -0.3 is 15.1 Å². The second kappa shape index (κ2) is 6.91. The zero-order valence-corrected chi connectivity index (χ0v) is 15.7. The number of aromatic nitrogens is 2. The van der Waals surface area contributed by atoms with Gasteiger partial charge >= 0.3 is 6.03 Å². The van der Waals surface area contributed by atoms with Crippen LogP contribution in [0.3, 0.4) is 0 Å². The number of nitrogens with zero attached hydrogens (tertiary/aromatic N) is 2. The molecule has 0 radical (unpaired) electrons. The number of carbonyl (C=O) groups is 1. The van der Waals surface area contributed by atoms with Gasteiger partial charge in [0.25, 0.3) is 0 Å². The first-order valence-corrected chi connectivity index (χ1v) is 9.35. The molecular formula is C23H18N4O2. The minimum atomic E-state index is -0.277. The Balaban J connectivity index is 1.38. The molecule has 142 valence electrons. The minimum Gasteiger partial charge on any atom is -0.421 e. The highest BCUT2D eigenvalue weighted by Gasteiger charge is 2.29. The number of aryl methyl sites for hydroxylation is 1. The standard InChI is InChI=1S/C23H18N4O2/c1-14-26-27-22(29-14)15-7-6-8-16(13-15)24-23(28)25-21-19-11-4-2-9-17(19)18-10-3-5-12-20(18)21/h2-13,21H,1H3,(H2,24,25,28). The van der Waals surface area contributed by atoms with E-state index in [9.17, 15) is 4.79 Å². The Kier molecular flexibility index (Phi) is 4.09. The Morgan fingerprint density at radius 3 is 2.24 bits per heavy atom. The number of benzene rings is 3. The minimum absolute atomic E-state index is 0.191. The maximum atomic E-state index is 12.8. The van der Waals surface area contributed by atoms with Crippen molar-refractivity contribution in [3.05, 3.63) is 89.8 Å². The van der Waals surface area contributed by atoms with E-state index in [1.54, 1.807) is 6.92 Å². The van der Waals surface area contributed by atoms with Crippen LogP contribution in [0.4, 0.5) is 10.5 Å². The molecule has 2 amide bonds. The number of carbonyl (C=O) groups excluding carboxylic acids is 1. The molecule has 0 unspecified atom stereocenters. The monoisotopic (exact) mass is 382 g/mol. The lowest BCUT2D eigenvalue weighted by Gasteiger charge is -2.16. The first kappa shape index (κ1) is 17.2. The fraction of sp³-hybridized carbons (Fsp3) is 0.0870. The van der Waals surface area contributed by atoms with Gasteiger partial charge in [0.15, 0.2) is 0 Å². The van der Waals surface area contributed by atoms with Gasteiger partial charge in [0.2, 0.25) is 11.8 Å². The van der Waals surface area contributed by atoms with Crippen LogP contribution in [0.1, 0.15) is 23.1 Å². The van der Waals surface area contributed by atoms with E-state index in [2.05, 4.69) is 45.1 Å². The molecule has 5 rings (SSSR count). The van der Waals surface area contributed by atoms with Gasteiger partial charge in [-0.3, -0.25) is 0 Å². The van der Waals surface area contributed by atoms with Gasteiger partial charge in [0, 0.05) is 18.2 Å². The number of hydrogen-bond donors (Lipinski definition) is 2. The number of rotatable bonds is 3. The van der Waals surface area contributed by atoms with E-state index in [-0.39, 0.29) is 12.1 Å². The quantitative estimate of drug-likeness (QED) is 0.526. The maximum Gasteiger partial charge on any atom is 0.319 e. The lowest BCUT2D eigenvalue weighted by atomic mass is 10.1. The Morgan fingerprint density at radius 2 is 1.59 bits per heavy atom. The van der Waals surface area contributed by atoms with Crippen molar-refractivity contribution < 1.29 is 9.21 Å². The van der Waals surface area contributed by atoms with Crippen molar-refractivity contribution in [2.75, 3.05) is 5.32 Å². The van der Waals surface area contributed by atoms with Gasteiger partial charge in [-0.05, 0) is 40.5 Å². The number of fused-ring (bicyclic) bond motifs is 3. The van der Waals surface area contributed by atoms with Gasteiger partial charge in [0.1, 0.15) is 0 Å². The van der Waals surface area contributed by atoms with E-state index in [0.29, 0.717) is 17.5 Å². The van der Waals surface area contributed by atoms with Crippen molar-refractivity contribution in [3.8, 4) is 22.6 Å². The highest BCUT2D eigenvalue weighted by molar-refractivity contribution is 5.92. The average molecular weight is 382 g/mol. The largest absolute Gasteiger partial charge is 0.421 e. The summed E-state index contributed by atoms with van der Waals surface area (Å²) in [6.07, 6.45) is 0. The topological polar surface area (TPSA) is 80.0 Å². The number of anilines is 1. The Morgan fingerprint density at radius 1 is 0.897 bits per heavy atom. The van der Waals surface area contributed by atoms with Crippen LogP contribution in [0.25, 0.3) is 22.6 Å². The molecule has 0 aliphatic heterocycles. The Bertz CT molecular complexity index is 1170. The molecule has 0 saturated heterocycles. The molecule has 3 aromatic carbocycles. The summed E-state index contributed by atoms with van der Waals surface area (Å²) in [6.45, 7) is 1.74. The van der Waals surface area contributed by atoms with Gasteiger partial charge in [0.05, 0.1) is 6.04 Å². The summed E-state index contributed by atoms with van der Waals surface area (Å²) in [6, 6.07) is 23.2. The molecule has 0 spiro atoms. The first-order valence-electron chi connectivity index (χ1n) is 9.35. The van der Waals surface area contributed by atoms with Crippen LogP contribution in [-0.4, -0.2) is 16.2 Å². The van der Waals surface area contributed by atoms with Gasteiger partial charge in [-0.1, -0.05) is 54.6 Å². The Hall–Kier alpha value is -3.93. The van der Waals surface area contributed by atoms with Crippen LogP contribution in [0.2, 0.25) is 0 Å². The molecule has 2 N–H and O–H groups in total. The van der Waals surface area contributed by atoms with E-state index in [1.165, 1.54) is 0 Å². The zero-order valence-electron chi connectivity index (χ0n) is 15.7. The third kappa shape index (κ3) is 3.14. The second-order valence-corrected chi connectivity index (χ2v) is 6.91. The number of nitrogens with one attached hydrogen (secondary N) is 2. The fourth-order valence-electron chi connectivity index (χ4n) is 3.75. The summed E-state index contributed by atoms with van der Waals surface area (Å²) in [4.78, 5) is 12.8. The summed E-state index contributed by atoms with van der Waals surface area (Å²) < 4.78 is 5.46. The third-order valence-electron chi connectivity index (χ3n) is 5.00. The van der Waals surface area contributed by atoms with Crippen molar-refractivity contribution in [1.82, 2.24) is 15.5 Å². The van der Waals surface area contributed by atoms with Crippen LogP contribution in [0, 0.1) is 6.92 Å². The lowest BCUT2D eigenvalue weighted by molar-refractivity contribution is 0.250. The molecule has 1 aromatic heterocycles. The van der Waals surface area contributed by atoms with Crippen LogP contribution < -0.4 is 10.6 Å². The fourth-order valence-corrected chi connectivity index (χ4v) is 3.75. The third-order valence-corrected chi connectivity index (χ3v) is 5.00. The number of amides is 2. The average Bonchev–Trinajstić information content (AvgIpc) is 3.31. The maximum absolute atomic E-state index is 12.8. The van der Waals surface area contributed by atoms with Crippen LogP contribution in [0.15, 0.2) is 77.2 Å². The van der Waals surface area contributed by atoms with Crippen LogP contribution in [-0.2, 0) is 0 Å². The molecule has 6 heteroatoms. The summed E-state index contributed by atoms with van der Waals surface area (Å²) in [5.41, 5.74) is 5.90. The highest BCUT2D eigenvalue weighted by Crippen LogP contribution is 2.43. The van der Waals surface area contributed by atoms with Crippen molar-refractivity contribution >= 4 is 11.7 Å². The predicted molar refractivity (Wildman–Crippen MR) is 110 cm³/mol. The SMILES string of the molecule is Cc1nnc(-c2cccc(NC(=O)NC3c4ccccc4-c4ccccc43)c2)o1. The molecule has 4 aromatic rings. The number of urea groups is 1. The van der Waals surface area contributed by atoms with Gasteiger partial charge in [-0.25, -0.2) is 4.79 Å². The molecule has 0 atom stereocenters. The molecule has 0 saturated carbocycles. The second-order valence-electron chi connectivity index (χ2n) is 6.91. The molecule has 1 aliphatic carbocycles. The summed E-state index contributed by atoms with van der Waals surface area (Å²) in [5, 5.41) is 13.9. The van der Waals surface area contributed by atoms with Crippen molar-refractivity contribution in [2.24, 2.45) is 0 Å². The summed E-state index contributed by atoms with van der Waals surface area (Å²) in [7, 11) is 0. The first-order chi connectivity index (χ1) is 14.2. The zero-order chi connectivity index (χ0) is 19.8.